The van der Waals surface area contributed by atoms with Crippen molar-refractivity contribution < 1.29 is 19.4 Å². The normalized spacial score (nSPS) is 9.85. The van der Waals surface area contributed by atoms with Gasteiger partial charge in [-0.3, -0.25) is 4.79 Å². The van der Waals surface area contributed by atoms with Crippen LogP contribution in [-0.2, 0) is 11.2 Å². The molecule has 6 heteroatoms. The van der Waals surface area contributed by atoms with Crippen molar-refractivity contribution in [2.75, 3.05) is 19.7 Å². The SMILES string of the molecule is CCCc1ccc(OCCNC(=O)NCC(=O)O)cc1. The highest BCUT2D eigenvalue weighted by Gasteiger charge is 2.02. The highest BCUT2D eigenvalue weighted by Crippen LogP contribution is 2.12. The third-order valence-corrected chi connectivity index (χ3v) is 2.52. The number of rotatable bonds is 8. The first-order valence-corrected chi connectivity index (χ1v) is 6.57. The summed E-state index contributed by atoms with van der Waals surface area (Å²) in [5, 5.41) is 13.1. The Bertz CT molecular complexity index is 431. The molecule has 0 aliphatic heterocycles. The summed E-state index contributed by atoms with van der Waals surface area (Å²) in [6, 6.07) is 7.32. The Hall–Kier alpha value is -2.24. The van der Waals surface area contributed by atoms with Gasteiger partial charge < -0.3 is 20.5 Å². The molecule has 0 saturated heterocycles. The van der Waals surface area contributed by atoms with Crippen LogP contribution in [0.1, 0.15) is 18.9 Å². The number of ether oxygens (including phenoxy) is 1. The average molecular weight is 280 g/mol. The lowest BCUT2D eigenvalue weighted by atomic mass is 10.1. The van der Waals surface area contributed by atoms with E-state index in [0.717, 1.165) is 18.6 Å². The molecule has 0 saturated carbocycles. The topological polar surface area (TPSA) is 87.7 Å². The van der Waals surface area contributed by atoms with Crippen molar-refractivity contribution in [2.45, 2.75) is 19.8 Å². The summed E-state index contributed by atoms with van der Waals surface area (Å²) in [5.41, 5.74) is 1.27. The maximum Gasteiger partial charge on any atom is 0.323 e. The molecule has 1 aromatic rings. The third-order valence-electron chi connectivity index (χ3n) is 2.52. The summed E-state index contributed by atoms with van der Waals surface area (Å²) in [5.74, 6) is -0.332. The van der Waals surface area contributed by atoms with Gasteiger partial charge in [-0.1, -0.05) is 25.5 Å². The van der Waals surface area contributed by atoms with Crippen molar-refractivity contribution in [3.63, 3.8) is 0 Å². The summed E-state index contributed by atoms with van der Waals surface area (Å²) in [7, 11) is 0. The highest BCUT2D eigenvalue weighted by molar-refractivity contribution is 5.79. The number of urea groups is 1. The number of amides is 2. The molecule has 110 valence electrons. The molecular weight excluding hydrogens is 260 g/mol. The van der Waals surface area contributed by atoms with E-state index in [1.807, 2.05) is 24.3 Å². The summed E-state index contributed by atoms with van der Waals surface area (Å²) in [6.07, 6.45) is 2.15. The lowest BCUT2D eigenvalue weighted by Crippen LogP contribution is -2.40. The standard InChI is InChI=1S/C14H20N2O4/c1-2-3-11-4-6-12(7-5-11)20-9-8-15-14(19)16-10-13(17)18/h4-7H,2-3,8-10H2,1H3,(H,17,18)(H2,15,16,19). The van der Waals surface area contributed by atoms with Gasteiger partial charge in [-0.25, -0.2) is 4.79 Å². The number of carbonyl (C=O) groups is 2. The molecule has 0 bridgehead atoms. The molecule has 20 heavy (non-hydrogen) atoms. The largest absolute Gasteiger partial charge is 0.492 e. The predicted octanol–water partition coefficient (Wildman–Crippen LogP) is 1.40. The van der Waals surface area contributed by atoms with Crippen molar-refractivity contribution >= 4 is 12.0 Å². The number of hydrogen-bond donors (Lipinski definition) is 3. The van der Waals surface area contributed by atoms with Crippen molar-refractivity contribution in [3.8, 4) is 5.75 Å². The van der Waals surface area contributed by atoms with Crippen LogP contribution >= 0.6 is 0 Å². The number of nitrogens with one attached hydrogen (secondary N) is 2. The van der Waals surface area contributed by atoms with Crippen LogP contribution < -0.4 is 15.4 Å². The second kappa shape index (κ2) is 8.79. The zero-order valence-electron chi connectivity index (χ0n) is 11.5. The third kappa shape index (κ3) is 6.63. The maximum absolute atomic E-state index is 11.1. The monoisotopic (exact) mass is 280 g/mol. The van der Waals surface area contributed by atoms with Crippen LogP contribution in [0, 0.1) is 0 Å². The molecule has 1 aromatic carbocycles. The Morgan fingerprint density at radius 1 is 1.20 bits per heavy atom. The van der Waals surface area contributed by atoms with E-state index in [1.165, 1.54) is 5.56 Å². The van der Waals surface area contributed by atoms with Crippen LogP contribution in [0.2, 0.25) is 0 Å². The van der Waals surface area contributed by atoms with Crippen molar-refractivity contribution in [1.29, 1.82) is 0 Å². The number of aliphatic carboxylic acids is 1. The quantitative estimate of drug-likeness (QED) is 0.628. The van der Waals surface area contributed by atoms with Gasteiger partial charge in [0, 0.05) is 0 Å². The Kier molecular flexibility index (Phi) is 6.95. The lowest BCUT2D eigenvalue weighted by molar-refractivity contribution is -0.135. The van der Waals surface area contributed by atoms with Gasteiger partial charge in [0.1, 0.15) is 18.9 Å². The molecule has 0 aliphatic rings. The van der Waals surface area contributed by atoms with E-state index in [1.54, 1.807) is 0 Å². The van der Waals surface area contributed by atoms with E-state index >= 15 is 0 Å². The predicted molar refractivity (Wildman–Crippen MR) is 75.0 cm³/mol. The lowest BCUT2D eigenvalue weighted by Gasteiger charge is -2.08. The molecule has 6 nitrogen and oxygen atoms in total. The first-order chi connectivity index (χ1) is 9.61. The first kappa shape index (κ1) is 15.8. The van der Waals surface area contributed by atoms with E-state index in [9.17, 15) is 9.59 Å². The molecule has 0 aliphatic carbocycles. The molecule has 0 atom stereocenters. The number of aryl methyl sites for hydroxylation is 1. The van der Waals surface area contributed by atoms with Crippen molar-refractivity contribution in [3.05, 3.63) is 29.8 Å². The summed E-state index contributed by atoms with van der Waals surface area (Å²) >= 11 is 0. The van der Waals surface area contributed by atoms with Crippen molar-refractivity contribution in [2.24, 2.45) is 0 Å². The molecule has 0 fully saturated rings. The Morgan fingerprint density at radius 2 is 1.90 bits per heavy atom. The van der Waals surface area contributed by atoms with E-state index in [-0.39, 0.29) is 0 Å². The van der Waals surface area contributed by atoms with Crippen LogP contribution in [0.25, 0.3) is 0 Å². The van der Waals surface area contributed by atoms with E-state index in [4.69, 9.17) is 9.84 Å². The van der Waals surface area contributed by atoms with Gasteiger partial charge >= 0.3 is 12.0 Å². The van der Waals surface area contributed by atoms with Crippen LogP contribution in [0.3, 0.4) is 0 Å². The molecule has 1 rings (SSSR count). The fourth-order valence-electron chi connectivity index (χ4n) is 1.59. The van der Waals surface area contributed by atoms with Crippen LogP contribution in [0.5, 0.6) is 5.75 Å². The van der Waals surface area contributed by atoms with Gasteiger partial charge in [-0.2, -0.15) is 0 Å². The van der Waals surface area contributed by atoms with Gasteiger partial charge in [0.15, 0.2) is 0 Å². The summed E-state index contributed by atoms with van der Waals surface area (Å²) in [4.78, 5) is 21.4. The zero-order chi connectivity index (χ0) is 14.8. The Labute approximate surface area is 118 Å². The van der Waals surface area contributed by atoms with Gasteiger partial charge in [-0.05, 0) is 24.1 Å². The molecule has 2 amide bonds. The zero-order valence-corrected chi connectivity index (χ0v) is 11.5. The summed E-state index contributed by atoms with van der Waals surface area (Å²) < 4.78 is 5.46. The Balaban J connectivity index is 2.17. The van der Waals surface area contributed by atoms with Crippen LogP contribution in [0.15, 0.2) is 24.3 Å². The highest BCUT2D eigenvalue weighted by atomic mass is 16.5. The molecule has 0 radical (unpaired) electrons. The minimum atomic E-state index is -1.08. The maximum atomic E-state index is 11.1. The molecule has 3 N–H and O–H groups in total. The second-order valence-corrected chi connectivity index (χ2v) is 4.25. The van der Waals surface area contributed by atoms with Gasteiger partial charge in [0.25, 0.3) is 0 Å². The smallest absolute Gasteiger partial charge is 0.323 e. The molecule has 0 unspecified atom stereocenters. The number of carboxylic acid groups (broad SMARTS) is 1. The second-order valence-electron chi connectivity index (χ2n) is 4.25. The van der Waals surface area contributed by atoms with Gasteiger partial charge in [0.2, 0.25) is 0 Å². The van der Waals surface area contributed by atoms with Crippen LogP contribution in [0.4, 0.5) is 4.79 Å². The number of hydrogen-bond acceptors (Lipinski definition) is 3. The van der Waals surface area contributed by atoms with Gasteiger partial charge in [0.05, 0.1) is 6.54 Å². The molecule has 0 heterocycles. The fraction of sp³-hybridized carbons (Fsp3) is 0.429. The van der Waals surface area contributed by atoms with Gasteiger partial charge in [-0.15, -0.1) is 0 Å². The molecular formula is C14H20N2O4. The Morgan fingerprint density at radius 3 is 2.50 bits per heavy atom. The minimum absolute atomic E-state index is 0.308. The van der Waals surface area contributed by atoms with E-state index in [2.05, 4.69) is 17.6 Å². The van der Waals surface area contributed by atoms with E-state index < -0.39 is 18.5 Å². The van der Waals surface area contributed by atoms with E-state index in [0.29, 0.717) is 13.2 Å². The fourth-order valence-corrected chi connectivity index (χ4v) is 1.59. The number of carbonyl (C=O) groups excluding carboxylic acids is 1. The number of benzene rings is 1. The summed E-state index contributed by atoms with van der Waals surface area (Å²) in [6.45, 7) is 2.37. The molecule has 0 spiro atoms. The average Bonchev–Trinajstić information content (AvgIpc) is 2.43. The number of carboxylic acids is 1. The van der Waals surface area contributed by atoms with Crippen LogP contribution in [-0.4, -0.2) is 36.8 Å². The molecule has 0 aromatic heterocycles. The van der Waals surface area contributed by atoms with Crippen molar-refractivity contribution in [1.82, 2.24) is 10.6 Å². The first-order valence-electron chi connectivity index (χ1n) is 6.57. The minimum Gasteiger partial charge on any atom is -0.492 e.